The van der Waals surface area contributed by atoms with E-state index in [1.54, 1.807) is 13.4 Å². The zero-order valence-electron chi connectivity index (χ0n) is 16.2. The molecule has 0 bridgehead atoms. The Bertz CT molecular complexity index is 976. The summed E-state index contributed by atoms with van der Waals surface area (Å²) in [6, 6.07) is 7.33. The second kappa shape index (κ2) is 8.14. The molecule has 1 aliphatic rings. The minimum Gasteiger partial charge on any atom is -0.497 e. The van der Waals surface area contributed by atoms with Crippen LogP contribution in [0.5, 0.6) is 5.75 Å². The van der Waals surface area contributed by atoms with Crippen molar-refractivity contribution in [2.45, 2.75) is 32.6 Å². The monoisotopic (exact) mass is 396 g/mol. The van der Waals surface area contributed by atoms with Crippen molar-refractivity contribution < 1.29 is 9.53 Å². The van der Waals surface area contributed by atoms with Crippen molar-refractivity contribution in [3.05, 3.63) is 41.0 Å². The van der Waals surface area contributed by atoms with Gasteiger partial charge in [-0.05, 0) is 49.6 Å². The SMILES string of the molecule is COc1ccc(NC(=O)c2sc3ncnc(N4CCCCCC4)c3c2C)cc1. The van der Waals surface area contributed by atoms with E-state index in [0.717, 1.165) is 46.1 Å². The molecule has 7 heteroatoms. The molecule has 1 aliphatic heterocycles. The lowest BCUT2D eigenvalue weighted by molar-refractivity contribution is 0.103. The fourth-order valence-electron chi connectivity index (χ4n) is 3.65. The van der Waals surface area contributed by atoms with Crippen molar-refractivity contribution in [3.8, 4) is 5.75 Å². The van der Waals surface area contributed by atoms with Crippen LogP contribution in [0.1, 0.15) is 40.9 Å². The van der Waals surface area contributed by atoms with Crippen LogP contribution in [0.2, 0.25) is 0 Å². The van der Waals surface area contributed by atoms with E-state index in [0.29, 0.717) is 4.88 Å². The Labute approximate surface area is 168 Å². The molecule has 0 saturated carbocycles. The summed E-state index contributed by atoms with van der Waals surface area (Å²) in [7, 11) is 1.62. The molecular formula is C21H24N4O2S. The second-order valence-electron chi connectivity index (χ2n) is 7.02. The summed E-state index contributed by atoms with van der Waals surface area (Å²) in [5, 5.41) is 3.98. The average molecular weight is 397 g/mol. The number of rotatable bonds is 4. The first-order valence-electron chi connectivity index (χ1n) is 9.62. The number of nitrogens with zero attached hydrogens (tertiary/aromatic N) is 3. The molecule has 6 nitrogen and oxygen atoms in total. The largest absolute Gasteiger partial charge is 0.497 e. The number of aryl methyl sites for hydroxylation is 1. The van der Waals surface area contributed by atoms with Crippen LogP contribution in [0.25, 0.3) is 10.2 Å². The van der Waals surface area contributed by atoms with Crippen LogP contribution < -0.4 is 15.0 Å². The molecule has 1 N–H and O–H groups in total. The van der Waals surface area contributed by atoms with Gasteiger partial charge in [0.1, 0.15) is 22.7 Å². The minimum atomic E-state index is -0.118. The molecule has 146 valence electrons. The van der Waals surface area contributed by atoms with Crippen LogP contribution in [0.4, 0.5) is 11.5 Å². The number of anilines is 2. The average Bonchev–Trinajstić information content (AvgIpc) is 2.89. The van der Waals surface area contributed by atoms with Crippen LogP contribution in [0.15, 0.2) is 30.6 Å². The molecule has 1 aromatic carbocycles. The van der Waals surface area contributed by atoms with Gasteiger partial charge in [0.15, 0.2) is 0 Å². The molecule has 1 amide bonds. The van der Waals surface area contributed by atoms with Crippen LogP contribution in [-0.2, 0) is 0 Å². The maximum atomic E-state index is 12.9. The molecule has 1 saturated heterocycles. The third-order valence-corrected chi connectivity index (χ3v) is 6.37. The number of nitrogens with one attached hydrogen (secondary N) is 1. The first kappa shape index (κ1) is 18.7. The van der Waals surface area contributed by atoms with Crippen molar-refractivity contribution in [3.63, 3.8) is 0 Å². The molecule has 0 spiro atoms. The number of aromatic nitrogens is 2. The quantitative estimate of drug-likeness (QED) is 0.696. The highest BCUT2D eigenvalue weighted by molar-refractivity contribution is 7.20. The number of hydrogen-bond acceptors (Lipinski definition) is 6. The Balaban J connectivity index is 1.65. The number of ether oxygens (including phenoxy) is 1. The van der Waals surface area contributed by atoms with Crippen LogP contribution in [0.3, 0.4) is 0 Å². The molecular weight excluding hydrogens is 372 g/mol. The Hall–Kier alpha value is -2.67. The van der Waals surface area contributed by atoms with Gasteiger partial charge in [0.2, 0.25) is 0 Å². The molecule has 0 aliphatic carbocycles. The highest BCUT2D eigenvalue weighted by atomic mass is 32.1. The lowest BCUT2D eigenvalue weighted by Crippen LogP contribution is -2.25. The molecule has 0 atom stereocenters. The van der Waals surface area contributed by atoms with Gasteiger partial charge in [0.05, 0.1) is 17.4 Å². The minimum absolute atomic E-state index is 0.118. The van der Waals surface area contributed by atoms with Gasteiger partial charge in [-0.2, -0.15) is 0 Å². The number of thiophene rings is 1. The molecule has 28 heavy (non-hydrogen) atoms. The number of benzene rings is 1. The molecule has 2 aromatic heterocycles. The van der Waals surface area contributed by atoms with E-state index in [9.17, 15) is 4.79 Å². The van der Waals surface area contributed by atoms with Crippen LogP contribution in [-0.4, -0.2) is 36.1 Å². The van der Waals surface area contributed by atoms with Gasteiger partial charge in [0, 0.05) is 18.8 Å². The van der Waals surface area contributed by atoms with Crippen molar-refractivity contribution in [2.24, 2.45) is 0 Å². The molecule has 3 heterocycles. The zero-order valence-corrected chi connectivity index (χ0v) is 17.0. The van der Waals surface area contributed by atoms with Gasteiger partial charge in [-0.3, -0.25) is 4.79 Å². The van der Waals surface area contributed by atoms with E-state index in [4.69, 9.17) is 4.74 Å². The second-order valence-corrected chi connectivity index (χ2v) is 8.02. The predicted molar refractivity (Wildman–Crippen MR) is 114 cm³/mol. The maximum Gasteiger partial charge on any atom is 0.266 e. The summed E-state index contributed by atoms with van der Waals surface area (Å²) in [4.78, 5) is 25.8. The number of carbonyl (C=O) groups excluding carboxylic acids is 1. The number of hydrogen-bond donors (Lipinski definition) is 1. The molecule has 4 rings (SSSR count). The zero-order chi connectivity index (χ0) is 19.5. The number of methoxy groups -OCH3 is 1. The Kier molecular flexibility index (Phi) is 5.43. The summed E-state index contributed by atoms with van der Waals surface area (Å²) < 4.78 is 5.17. The predicted octanol–water partition coefficient (Wildman–Crippen LogP) is 4.64. The van der Waals surface area contributed by atoms with Gasteiger partial charge < -0.3 is 15.0 Å². The van der Waals surface area contributed by atoms with Gasteiger partial charge in [-0.25, -0.2) is 9.97 Å². The molecule has 0 unspecified atom stereocenters. The van der Waals surface area contributed by atoms with Crippen molar-refractivity contribution in [1.82, 2.24) is 9.97 Å². The Morgan fingerprint density at radius 3 is 2.50 bits per heavy atom. The third kappa shape index (κ3) is 3.67. The summed E-state index contributed by atoms with van der Waals surface area (Å²) >= 11 is 1.43. The summed E-state index contributed by atoms with van der Waals surface area (Å²) in [5.41, 5.74) is 1.69. The first-order chi connectivity index (χ1) is 13.7. The van der Waals surface area contributed by atoms with E-state index >= 15 is 0 Å². The van der Waals surface area contributed by atoms with Crippen molar-refractivity contribution in [2.75, 3.05) is 30.4 Å². The van der Waals surface area contributed by atoms with E-state index in [-0.39, 0.29) is 5.91 Å². The van der Waals surface area contributed by atoms with E-state index in [2.05, 4.69) is 20.2 Å². The summed E-state index contributed by atoms with van der Waals surface area (Å²) in [6.45, 7) is 4.01. The molecule has 0 radical (unpaired) electrons. The van der Waals surface area contributed by atoms with E-state index in [1.807, 2.05) is 31.2 Å². The fraction of sp³-hybridized carbons (Fsp3) is 0.381. The van der Waals surface area contributed by atoms with Crippen LogP contribution >= 0.6 is 11.3 Å². The summed E-state index contributed by atoms with van der Waals surface area (Å²) in [5.74, 6) is 1.60. The highest BCUT2D eigenvalue weighted by Gasteiger charge is 2.22. The number of carbonyl (C=O) groups is 1. The standard InChI is InChI=1S/C21H24N4O2S/c1-14-17-19(25-11-5-3-4-6-12-25)22-13-23-21(17)28-18(14)20(26)24-15-7-9-16(27-2)10-8-15/h7-10,13H,3-6,11-12H2,1-2H3,(H,24,26). The lowest BCUT2D eigenvalue weighted by Gasteiger charge is -2.22. The smallest absolute Gasteiger partial charge is 0.266 e. The fourth-order valence-corrected chi connectivity index (χ4v) is 4.69. The van der Waals surface area contributed by atoms with E-state index < -0.39 is 0 Å². The lowest BCUT2D eigenvalue weighted by atomic mass is 10.1. The first-order valence-corrected chi connectivity index (χ1v) is 10.4. The third-order valence-electron chi connectivity index (χ3n) is 5.17. The number of fused-ring (bicyclic) bond motifs is 1. The van der Waals surface area contributed by atoms with Gasteiger partial charge in [-0.15, -0.1) is 11.3 Å². The maximum absolute atomic E-state index is 12.9. The highest BCUT2D eigenvalue weighted by Crippen LogP contribution is 2.36. The Morgan fingerprint density at radius 2 is 1.82 bits per heavy atom. The molecule has 1 fully saturated rings. The Morgan fingerprint density at radius 1 is 1.11 bits per heavy atom. The van der Waals surface area contributed by atoms with E-state index in [1.165, 1.54) is 37.0 Å². The topological polar surface area (TPSA) is 67.3 Å². The number of amides is 1. The van der Waals surface area contributed by atoms with Gasteiger partial charge >= 0.3 is 0 Å². The van der Waals surface area contributed by atoms with Gasteiger partial charge in [-0.1, -0.05) is 12.8 Å². The summed E-state index contributed by atoms with van der Waals surface area (Å²) in [6.07, 6.45) is 6.51. The van der Waals surface area contributed by atoms with Gasteiger partial charge in [0.25, 0.3) is 5.91 Å². The van der Waals surface area contributed by atoms with Crippen LogP contribution in [0, 0.1) is 6.92 Å². The van der Waals surface area contributed by atoms with Crippen molar-refractivity contribution in [1.29, 1.82) is 0 Å². The normalized spacial score (nSPS) is 14.7. The molecule has 3 aromatic rings. The van der Waals surface area contributed by atoms with Crippen molar-refractivity contribution >= 4 is 39.0 Å².